The van der Waals surface area contributed by atoms with Crippen LogP contribution in [0, 0.1) is 13.8 Å². The molecule has 86 valence electrons. The van der Waals surface area contributed by atoms with E-state index < -0.39 is 0 Å². The van der Waals surface area contributed by atoms with Crippen molar-refractivity contribution in [2.45, 2.75) is 13.8 Å². The SMILES string of the molecule is Cc1cc(C(=O)/C=C/c2ccccc2)c(C)s1. The Balaban J connectivity index is 2.18. The van der Waals surface area contributed by atoms with E-state index in [1.165, 1.54) is 4.88 Å². The first kappa shape index (κ1) is 11.8. The molecule has 1 nitrogen and oxygen atoms in total. The summed E-state index contributed by atoms with van der Waals surface area (Å²) in [6.45, 7) is 4.01. The Hall–Kier alpha value is -1.67. The summed E-state index contributed by atoms with van der Waals surface area (Å²) >= 11 is 1.66. The largest absolute Gasteiger partial charge is 0.289 e. The van der Waals surface area contributed by atoms with Gasteiger partial charge in [0.25, 0.3) is 0 Å². The molecule has 1 heterocycles. The summed E-state index contributed by atoms with van der Waals surface area (Å²) in [5.41, 5.74) is 1.87. The van der Waals surface area contributed by atoms with Crippen LogP contribution in [0.2, 0.25) is 0 Å². The van der Waals surface area contributed by atoms with Gasteiger partial charge in [0.2, 0.25) is 0 Å². The predicted octanol–water partition coefficient (Wildman–Crippen LogP) is 4.26. The first-order chi connectivity index (χ1) is 8.16. The molecule has 0 aliphatic carbocycles. The second kappa shape index (κ2) is 5.11. The van der Waals surface area contributed by atoms with Gasteiger partial charge in [-0.1, -0.05) is 36.4 Å². The van der Waals surface area contributed by atoms with E-state index in [1.54, 1.807) is 17.4 Å². The quantitative estimate of drug-likeness (QED) is 0.580. The maximum absolute atomic E-state index is 12.0. The molecule has 0 aliphatic rings. The van der Waals surface area contributed by atoms with E-state index in [4.69, 9.17) is 0 Å². The van der Waals surface area contributed by atoms with Gasteiger partial charge in [0, 0.05) is 15.3 Å². The fraction of sp³-hybridized carbons (Fsp3) is 0.133. The van der Waals surface area contributed by atoms with E-state index in [2.05, 4.69) is 0 Å². The lowest BCUT2D eigenvalue weighted by atomic mass is 10.1. The van der Waals surface area contributed by atoms with E-state index in [1.807, 2.05) is 56.3 Å². The molecular weight excluding hydrogens is 228 g/mol. The zero-order valence-corrected chi connectivity index (χ0v) is 10.8. The third-order valence-corrected chi connectivity index (χ3v) is 3.50. The molecule has 0 spiro atoms. The Morgan fingerprint density at radius 3 is 2.47 bits per heavy atom. The van der Waals surface area contributed by atoms with Crippen molar-refractivity contribution in [3.63, 3.8) is 0 Å². The summed E-state index contributed by atoms with van der Waals surface area (Å²) < 4.78 is 0. The van der Waals surface area contributed by atoms with Crippen LogP contribution < -0.4 is 0 Å². The number of ketones is 1. The number of carbonyl (C=O) groups is 1. The first-order valence-corrected chi connectivity index (χ1v) is 6.33. The number of benzene rings is 1. The third-order valence-electron chi connectivity index (χ3n) is 2.53. The molecule has 0 aliphatic heterocycles. The lowest BCUT2D eigenvalue weighted by Crippen LogP contribution is -1.93. The number of hydrogen-bond acceptors (Lipinski definition) is 2. The highest BCUT2D eigenvalue weighted by atomic mass is 32.1. The number of hydrogen-bond donors (Lipinski definition) is 0. The van der Waals surface area contributed by atoms with Crippen LogP contribution in [0.3, 0.4) is 0 Å². The monoisotopic (exact) mass is 242 g/mol. The highest BCUT2D eigenvalue weighted by Crippen LogP contribution is 2.21. The molecule has 0 fully saturated rings. The lowest BCUT2D eigenvalue weighted by Gasteiger charge is -1.93. The van der Waals surface area contributed by atoms with Gasteiger partial charge in [-0.2, -0.15) is 0 Å². The molecule has 0 atom stereocenters. The molecule has 0 radical (unpaired) electrons. The van der Waals surface area contributed by atoms with Gasteiger partial charge in [-0.05, 0) is 31.6 Å². The molecule has 1 aromatic heterocycles. The van der Waals surface area contributed by atoms with Gasteiger partial charge in [-0.25, -0.2) is 0 Å². The van der Waals surface area contributed by atoms with Crippen molar-refractivity contribution >= 4 is 23.2 Å². The van der Waals surface area contributed by atoms with Gasteiger partial charge in [-0.15, -0.1) is 11.3 Å². The van der Waals surface area contributed by atoms with Crippen LogP contribution in [0.5, 0.6) is 0 Å². The number of thiophene rings is 1. The smallest absolute Gasteiger partial charge is 0.186 e. The summed E-state index contributed by atoms with van der Waals surface area (Å²) in [6, 6.07) is 11.8. The summed E-state index contributed by atoms with van der Waals surface area (Å²) in [7, 11) is 0. The first-order valence-electron chi connectivity index (χ1n) is 5.51. The molecule has 0 amide bonds. The number of carbonyl (C=O) groups excluding carboxylic acids is 1. The van der Waals surface area contributed by atoms with Crippen LogP contribution in [0.15, 0.2) is 42.5 Å². The predicted molar refractivity (Wildman–Crippen MR) is 73.6 cm³/mol. The molecule has 1 aromatic carbocycles. The van der Waals surface area contributed by atoms with Gasteiger partial charge >= 0.3 is 0 Å². The van der Waals surface area contributed by atoms with Gasteiger partial charge in [0.1, 0.15) is 0 Å². The fourth-order valence-electron chi connectivity index (χ4n) is 1.70. The minimum atomic E-state index is 0.0794. The molecule has 2 heteroatoms. The molecule has 0 unspecified atom stereocenters. The molecular formula is C15H14OS. The number of rotatable bonds is 3. The van der Waals surface area contributed by atoms with Gasteiger partial charge in [0.15, 0.2) is 5.78 Å². The highest BCUT2D eigenvalue weighted by Gasteiger charge is 2.08. The average Bonchev–Trinajstić information content (AvgIpc) is 2.67. The average molecular weight is 242 g/mol. The van der Waals surface area contributed by atoms with E-state index in [0.717, 1.165) is 16.0 Å². The van der Waals surface area contributed by atoms with Crippen molar-refractivity contribution < 1.29 is 4.79 Å². The maximum atomic E-state index is 12.0. The lowest BCUT2D eigenvalue weighted by molar-refractivity contribution is 0.104. The highest BCUT2D eigenvalue weighted by molar-refractivity contribution is 7.12. The Kier molecular flexibility index (Phi) is 3.55. The van der Waals surface area contributed by atoms with Crippen LogP contribution in [-0.2, 0) is 0 Å². The molecule has 17 heavy (non-hydrogen) atoms. The topological polar surface area (TPSA) is 17.1 Å². The standard InChI is InChI=1S/C15H14OS/c1-11-10-14(12(2)17-11)15(16)9-8-13-6-4-3-5-7-13/h3-10H,1-2H3/b9-8+. The maximum Gasteiger partial charge on any atom is 0.186 e. The Morgan fingerprint density at radius 1 is 1.18 bits per heavy atom. The van der Waals surface area contributed by atoms with Gasteiger partial charge < -0.3 is 0 Å². The van der Waals surface area contributed by atoms with Crippen molar-refractivity contribution in [2.75, 3.05) is 0 Å². The van der Waals surface area contributed by atoms with Crippen LogP contribution in [-0.4, -0.2) is 5.78 Å². The third kappa shape index (κ3) is 2.92. The Labute approximate surface area is 105 Å². The Bertz CT molecular complexity index is 550. The minimum Gasteiger partial charge on any atom is -0.289 e. The normalized spacial score (nSPS) is 10.9. The van der Waals surface area contributed by atoms with Crippen molar-refractivity contribution in [2.24, 2.45) is 0 Å². The van der Waals surface area contributed by atoms with E-state index in [-0.39, 0.29) is 5.78 Å². The zero-order valence-electron chi connectivity index (χ0n) is 9.94. The molecule has 0 saturated heterocycles. The van der Waals surface area contributed by atoms with E-state index in [9.17, 15) is 4.79 Å². The zero-order chi connectivity index (χ0) is 12.3. The van der Waals surface area contributed by atoms with Crippen LogP contribution >= 0.6 is 11.3 Å². The Morgan fingerprint density at radius 2 is 1.88 bits per heavy atom. The van der Waals surface area contributed by atoms with E-state index in [0.29, 0.717) is 0 Å². The van der Waals surface area contributed by atoms with Crippen LogP contribution in [0.25, 0.3) is 6.08 Å². The van der Waals surface area contributed by atoms with Gasteiger partial charge in [0.05, 0.1) is 0 Å². The second-order valence-corrected chi connectivity index (χ2v) is 5.40. The summed E-state index contributed by atoms with van der Waals surface area (Å²) in [5.74, 6) is 0.0794. The molecule has 2 aromatic rings. The summed E-state index contributed by atoms with van der Waals surface area (Å²) in [5, 5.41) is 0. The van der Waals surface area contributed by atoms with Crippen LogP contribution in [0.1, 0.15) is 25.7 Å². The number of aryl methyl sites for hydroxylation is 2. The number of allylic oxidation sites excluding steroid dienone is 1. The van der Waals surface area contributed by atoms with Crippen LogP contribution in [0.4, 0.5) is 0 Å². The van der Waals surface area contributed by atoms with Crippen molar-refractivity contribution in [1.29, 1.82) is 0 Å². The van der Waals surface area contributed by atoms with Crippen molar-refractivity contribution in [3.8, 4) is 0 Å². The second-order valence-electron chi connectivity index (χ2n) is 3.94. The van der Waals surface area contributed by atoms with Gasteiger partial charge in [-0.3, -0.25) is 4.79 Å². The fourth-order valence-corrected chi connectivity index (χ4v) is 2.63. The molecule has 0 saturated carbocycles. The van der Waals surface area contributed by atoms with E-state index >= 15 is 0 Å². The molecule has 2 rings (SSSR count). The van der Waals surface area contributed by atoms with Crippen molar-refractivity contribution in [1.82, 2.24) is 0 Å². The molecule has 0 bridgehead atoms. The summed E-state index contributed by atoms with van der Waals surface area (Å²) in [4.78, 5) is 14.2. The summed E-state index contributed by atoms with van der Waals surface area (Å²) in [6.07, 6.45) is 3.50. The van der Waals surface area contributed by atoms with Crippen molar-refractivity contribution in [3.05, 3.63) is 63.4 Å². The molecule has 0 N–H and O–H groups in total. The minimum absolute atomic E-state index is 0.0794.